The topological polar surface area (TPSA) is 28.1 Å². The fourth-order valence-corrected chi connectivity index (χ4v) is 3.33. The summed E-state index contributed by atoms with van der Waals surface area (Å²) in [6.07, 6.45) is -3.87. The molecule has 3 aromatic rings. The van der Waals surface area contributed by atoms with Crippen LogP contribution in [0.3, 0.4) is 0 Å². The molecule has 0 fully saturated rings. The second-order valence-corrected chi connectivity index (χ2v) is 5.60. The molecule has 0 spiro atoms. The number of H-pyrrole nitrogens is 1. The van der Waals surface area contributed by atoms with Gasteiger partial charge in [-0.3, -0.25) is 4.99 Å². The molecule has 2 nitrogen and oxygen atoms in total. The summed E-state index contributed by atoms with van der Waals surface area (Å²) in [6.45, 7) is 2.07. The number of aliphatic imine (C=N–C) groups is 1. The third-order valence-corrected chi connectivity index (χ3v) is 4.34. The van der Waals surface area contributed by atoms with Gasteiger partial charge >= 0.3 is 6.18 Å². The van der Waals surface area contributed by atoms with Crippen LogP contribution < -0.4 is 0 Å². The van der Waals surface area contributed by atoms with Crippen molar-refractivity contribution in [3.8, 4) is 0 Å². The highest BCUT2D eigenvalue weighted by Crippen LogP contribution is 2.36. The van der Waals surface area contributed by atoms with Gasteiger partial charge < -0.3 is 4.98 Å². The Hall–Kier alpha value is -2.30. The lowest BCUT2D eigenvalue weighted by atomic mass is 9.91. The second-order valence-electron chi connectivity index (χ2n) is 5.60. The number of para-hydroxylation sites is 1. The molecule has 1 N–H and O–H groups in total. The average Bonchev–Trinajstić information content (AvgIpc) is 2.85. The van der Waals surface area contributed by atoms with Gasteiger partial charge in [-0.15, -0.1) is 0 Å². The normalized spacial score (nSPS) is 15.2. The minimum Gasteiger partial charge on any atom is -0.354 e. The van der Waals surface area contributed by atoms with Crippen LogP contribution in [0.2, 0.25) is 0 Å². The van der Waals surface area contributed by atoms with Crippen LogP contribution in [0.1, 0.15) is 16.7 Å². The molecular formula is C17H13F3N2. The van der Waals surface area contributed by atoms with E-state index in [4.69, 9.17) is 0 Å². The lowest BCUT2D eigenvalue weighted by Gasteiger charge is -2.21. The van der Waals surface area contributed by atoms with Crippen molar-refractivity contribution >= 4 is 27.5 Å². The van der Waals surface area contributed by atoms with E-state index < -0.39 is 11.9 Å². The van der Waals surface area contributed by atoms with Gasteiger partial charge in [-0.1, -0.05) is 18.2 Å². The first-order valence-electron chi connectivity index (χ1n) is 7.12. The molecule has 112 valence electrons. The molecule has 4 rings (SSSR count). The van der Waals surface area contributed by atoms with E-state index in [1.165, 1.54) is 0 Å². The fourth-order valence-electron chi connectivity index (χ4n) is 3.33. The Morgan fingerprint density at radius 2 is 1.91 bits per heavy atom. The molecule has 2 aromatic carbocycles. The van der Waals surface area contributed by atoms with Gasteiger partial charge in [0, 0.05) is 33.9 Å². The number of hydrogen-bond acceptors (Lipinski definition) is 1. The highest BCUT2D eigenvalue weighted by atomic mass is 19.4. The zero-order valence-corrected chi connectivity index (χ0v) is 11.9. The first-order chi connectivity index (χ1) is 10.5. The smallest absolute Gasteiger partial charge is 0.354 e. The van der Waals surface area contributed by atoms with Crippen molar-refractivity contribution in [2.24, 2.45) is 4.99 Å². The first kappa shape index (κ1) is 13.4. The van der Waals surface area contributed by atoms with Crippen molar-refractivity contribution < 1.29 is 13.2 Å². The van der Waals surface area contributed by atoms with E-state index in [1.807, 2.05) is 31.2 Å². The Bertz CT molecular complexity index is 932. The molecule has 0 unspecified atom stereocenters. The maximum Gasteiger partial charge on any atom is 0.433 e. The van der Waals surface area contributed by atoms with Crippen LogP contribution in [0.4, 0.5) is 13.2 Å². The highest BCUT2D eigenvalue weighted by Gasteiger charge is 2.39. The third-order valence-electron chi connectivity index (χ3n) is 4.34. The van der Waals surface area contributed by atoms with Crippen LogP contribution in [0.25, 0.3) is 21.8 Å². The van der Waals surface area contributed by atoms with Gasteiger partial charge in [-0.25, -0.2) is 0 Å². The Morgan fingerprint density at radius 1 is 1.14 bits per heavy atom. The number of nitrogens with one attached hydrogen (secondary N) is 1. The second kappa shape index (κ2) is 4.35. The Balaban J connectivity index is 2.11. The maximum absolute atomic E-state index is 13.3. The van der Waals surface area contributed by atoms with Crippen LogP contribution in [0.15, 0.2) is 35.3 Å². The number of aromatic nitrogens is 1. The lowest BCUT2D eigenvalue weighted by Crippen LogP contribution is -2.28. The van der Waals surface area contributed by atoms with Crippen LogP contribution >= 0.6 is 0 Å². The molecule has 22 heavy (non-hydrogen) atoms. The van der Waals surface area contributed by atoms with Crippen LogP contribution in [-0.4, -0.2) is 23.4 Å². The van der Waals surface area contributed by atoms with Gasteiger partial charge in [0.15, 0.2) is 0 Å². The van der Waals surface area contributed by atoms with E-state index in [1.54, 1.807) is 6.07 Å². The minimum absolute atomic E-state index is 0.189. The van der Waals surface area contributed by atoms with E-state index in [-0.39, 0.29) is 12.1 Å². The molecule has 0 saturated carbocycles. The molecule has 0 radical (unpaired) electrons. The predicted octanol–water partition coefficient (Wildman–Crippen LogP) is 4.54. The number of aromatic amines is 1. The van der Waals surface area contributed by atoms with Gasteiger partial charge in [0.05, 0.1) is 0 Å². The molecule has 0 bridgehead atoms. The van der Waals surface area contributed by atoms with Crippen molar-refractivity contribution in [3.05, 3.63) is 47.0 Å². The van der Waals surface area contributed by atoms with E-state index >= 15 is 0 Å². The van der Waals surface area contributed by atoms with Crippen molar-refractivity contribution in [3.63, 3.8) is 0 Å². The van der Waals surface area contributed by atoms with Crippen molar-refractivity contribution in [1.82, 2.24) is 4.98 Å². The molecule has 1 aliphatic heterocycles. The van der Waals surface area contributed by atoms with Crippen LogP contribution in [-0.2, 0) is 6.42 Å². The van der Waals surface area contributed by atoms with Crippen LogP contribution in [0.5, 0.6) is 0 Å². The molecule has 2 heterocycles. The number of rotatable bonds is 0. The predicted molar refractivity (Wildman–Crippen MR) is 81.7 cm³/mol. The number of hydrogen-bond donors (Lipinski definition) is 1. The van der Waals surface area contributed by atoms with E-state index in [0.717, 1.165) is 32.9 Å². The Kier molecular flexibility index (Phi) is 2.64. The standard InChI is InChI=1S/C17H13F3N2/c1-9-10-6-7-21-16(17(18,19)20)13(10)8-12-11-4-2-3-5-14(11)22-15(9)12/h2-5,8,22H,6-7H2,1H3. The maximum atomic E-state index is 13.3. The Morgan fingerprint density at radius 3 is 2.68 bits per heavy atom. The summed E-state index contributed by atoms with van der Waals surface area (Å²) in [5, 5.41) is 1.76. The SMILES string of the molecule is Cc1c2c(cc3c1[nH]c1ccccc13)C(C(F)(F)F)=NCC2. The summed E-state index contributed by atoms with van der Waals surface area (Å²) in [5.74, 6) is 0. The molecule has 0 aliphatic carbocycles. The summed E-state index contributed by atoms with van der Waals surface area (Å²) in [4.78, 5) is 7.06. The summed E-state index contributed by atoms with van der Waals surface area (Å²) < 4.78 is 39.8. The molecule has 1 aliphatic rings. The molecule has 0 saturated heterocycles. The van der Waals surface area contributed by atoms with Crippen molar-refractivity contribution in [2.45, 2.75) is 19.5 Å². The van der Waals surface area contributed by atoms with Gasteiger partial charge in [-0.05, 0) is 36.6 Å². The summed E-state index contributed by atoms with van der Waals surface area (Å²) in [7, 11) is 0. The zero-order valence-electron chi connectivity index (χ0n) is 11.9. The largest absolute Gasteiger partial charge is 0.433 e. The van der Waals surface area contributed by atoms with Gasteiger partial charge in [0.1, 0.15) is 5.71 Å². The van der Waals surface area contributed by atoms with Gasteiger partial charge in [0.2, 0.25) is 0 Å². The number of alkyl halides is 3. The average molecular weight is 302 g/mol. The molecule has 5 heteroatoms. The van der Waals surface area contributed by atoms with Crippen LogP contribution in [0, 0.1) is 6.92 Å². The minimum atomic E-state index is -4.42. The number of nitrogens with zero attached hydrogens (tertiary/aromatic N) is 1. The quantitative estimate of drug-likeness (QED) is 0.631. The Labute approximate surface area is 124 Å². The number of aryl methyl sites for hydroxylation is 1. The lowest BCUT2D eigenvalue weighted by molar-refractivity contribution is -0.0584. The van der Waals surface area contributed by atoms with Gasteiger partial charge in [0.25, 0.3) is 0 Å². The van der Waals surface area contributed by atoms with E-state index in [2.05, 4.69) is 9.98 Å². The van der Waals surface area contributed by atoms with Gasteiger partial charge in [-0.2, -0.15) is 13.2 Å². The number of benzene rings is 2. The fraction of sp³-hybridized carbons (Fsp3) is 0.235. The monoisotopic (exact) mass is 302 g/mol. The van der Waals surface area contributed by atoms with E-state index in [0.29, 0.717) is 6.42 Å². The summed E-state index contributed by atoms with van der Waals surface area (Å²) in [6, 6.07) is 9.31. The third kappa shape index (κ3) is 1.78. The van der Waals surface area contributed by atoms with Crippen molar-refractivity contribution in [1.29, 1.82) is 0 Å². The summed E-state index contributed by atoms with van der Waals surface area (Å²) in [5.41, 5.74) is 2.98. The van der Waals surface area contributed by atoms with E-state index in [9.17, 15) is 13.2 Å². The molecular weight excluding hydrogens is 289 g/mol. The number of fused-ring (bicyclic) bond motifs is 4. The first-order valence-corrected chi connectivity index (χ1v) is 7.12. The highest BCUT2D eigenvalue weighted by molar-refractivity contribution is 6.14. The summed E-state index contributed by atoms with van der Waals surface area (Å²) >= 11 is 0. The molecule has 0 atom stereocenters. The van der Waals surface area contributed by atoms with Crippen molar-refractivity contribution in [2.75, 3.05) is 6.54 Å². The molecule has 1 aromatic heterocycles. The zero-order chi connectivity index (χ0) is 15.5. The number of halogens is 3. The molecule has 0 amide bonds.